The van der Waals surface area contributed by atoms with Gasteiger partial charge in [-0.25, -0.2) is 0 Å². The summed E-state index contributed by atoms with van der Waals surface area (Å²) in [4.78, 5) is 11.7. The van der Waals surface area contributed by atoms with Crippen LogP contribution in [-0.2, 0) is 4.79 Å². The number of nitrogens with one attached hydrogen (secondary N) is 1. The van der Waals surface area contributed by atoms with Crippen LogP contribution in [0.2, 0.25) is 0 Å². The fourth-order valence-electron chi connectivity index (χ4n) is 1.59. The summed E-state index contributed by atoms with van der Waals surface area (Å²) in [7, 11) is 1.90. The van der Waals surface area contributed by atoms with E-state index in [4.69, 9.17) is 0 Å². The maximum absolute atomic E-state index is 11.7. The van der Waals surface area contributed by atoms with Crippen molar-refractivity contribution in [3.63, 3.8) is 0 Å². The number of carbonyl (C=O) groups is 1. The lowest BCUT2D eigenvalue weighted by atomic mass is 9.88. The van der Waals surface area contributed by atoms with Crippen LogP contribution in [0.25, 0.3) is 0 Å². The van der Waals surface area contributed by atoms with Gasteiger partial charge >= 0.3 is 0 Å². The molecule has 1 atom stereocenters. The topological polar surface area (TPSA) is 29.1 Å². The Morgan fingerprint density at radius 3 is 2.08 bits per heavy atom. The summed E-state index contributed by atoms with van der Waals surface area (Å²) in [6.07, 6.45) is 0.998. The van der Waals surface area contributed by atoms with E-state index in [1.807, 2.05) is 20.9 Å². The molecule has 0 heterocycles. The normalized spacial score (nSPS) is 13.8. The summed E-state index contributed by atoms with van der Waals surface area (Å²) in [6.45, 7) is 9.10. The zero-order valence-corrected chi connectivity index (χ0v) is 9.55. The van der Waals surface area contributed by atoms with Gasteiger partial charge in [-0.2, -0.15) is 0 Å². The molecule has 0 amide bonds. The second-order valence-corrected chi connectivity index (χ2v) is 4.44. The lowest BCUT2D eigenvalue weighted by molar-refractivity contribution is -0.126. The predicted octanol–water partition coefficient (Wildman–Crippen LogP) is 2.09. The van der Waals surface area contributed by atoms with E-state index in [9.17, 15) is 4.79 Å². The van der Waals surface area contributed by atoms with E-state index in [0.717, 1.165) is 13.0 Å². The molecule has 78 valence electrons. The van der Waals surface area contributed by atoms with Crippen molar-refractivity contribution in [2.24, 2.45) is 17.8 Å². The van der Waals surface area contributed by atoms with E-state index in [0.29, 0.717) is 11.7 Å². The minimum atomic E-state index is 0.164. The third kappa shape index (κ3) is 5.04. The first-order chi connectivity index (χ1) is 5.99. The molecular formula is C11H23NO. The largest absolute Gasteiger partial charge is 0.319 e. The third-order valence-corrected chi connectivity index (χ3v) is 2.18. The Balaban J connectivity index is 4.15. The van der Waals surface area contributed by atoms with Crippen LogP contribution in [0.4, 0.5) is 0 Å². The fourth-order valence-corrected chi connectivity index (χ4v) is 1.59. The SMILES string of the molecule is CNCC(CC(C)C)C(=O)C(C)C. The number of hydrogen-bond donors (Lipinski definition) is 1. The molecule has 1 unspecified atom stereocenters. The minimum absolute atomic E-state index is 0.164. The summed E-state index contributed by atoms with van der Waals surface area (Å²) in [5, 5.41) is 3.09. The molecule has 2 nitrogen and oxygen atoms in total. The lowest BCUT2D eigenvalue weighted by Crippen LogP contribution is -2.30. The van der Waals surface area contributed by atoms with Gasteiger partial charge in [0.25, 0.3) is 0 Å². The Labute approximate surface area is 82.1 Å². The Kier molecular flexibility index (Phi) is 5.97. The van der Waals surface area contributed by atoms with Gasteiger partial charge in [-0.1, -0.05) is 27.7 Å². The molecular weight excluding hydrogens is 162 g/mol. The molecule has 0 saturated carbocycles. The molecule has 0 rings (SSSR count). The predicted molar refractivity (Wildman–Crippen MR) is 56.7 cm³/mol. The van der Waals surface area contributed by atoms with Gasteiger partial charge in [0.15, 0.2) is 0 Å². The molecule has 0 aromatic carbocycles. The molecule has 0 bridgehead atoms. The second kappa shape index (κ2) is 6.14. The van der Waals surface area contributed by atoms with Gasteiger partial charge in [0.1, 0.15) is 5.78 Å². The highest BCUT2D eigenvalue weighted by Crippen LogP contribution is 2.15. The Bertz CT molecular complexity index is 152. The van der Waals surface area contributed by atoms with Crippen molar-refractivity contribution in [3.8, 4) is 0 Å². The fraction of sp³-hybridized carbons (Fsp3) is 0.909. The molecule has 2 heteroatoms. The van der Waals surface area contributed by atoms with E-state index in [-0.39, 0.29) is 11.8 Å². The van der Waals surface area contributed by atoms with E-state index in [1.54, 1.807) is 0 Å². The summed E-state index contributed by atoms with van der Waals surface area (Å²) >= 11 is 0. The summed E-state index contributed by atoms with van der Waals surface area (Å²) < 4.78 is 0. The summed E-state index contributed by atoms with van der Waals surface area (Å²) in [6, 6.07) is 0. The van der Waals surface area contributed by atoms with Gasteiger partial charge in [0.05, 0.1) is 0 Å². The first kappa shape index (κ1) is 12.6. The van der Waals surface area contributed by atoms with Gasteiger partial charge in [-0.15, -0.1) is 0 Å². The first-order valence-corrected chi connectivity index (χ1v) is 5.17. The Hall–Kier alpha value is -0.370. The lowest BCUT2D eigenvalue weighted by Gasteiger charge is -2.19. The monoisotopic (exact) mass is 185 g/mol. The van der Waals surface area contributed by atoms with Gasteiger partial charge < -0.3 is 5.32 Å². The average Bonchev–Trinajstić information content (AvgIpc) is 2.01. The molecule has 0 saturated heterocycles. The van der Waals surface area contributed by atoms with E-state index < -0.39 is 0 Å². The zero-order chi connectivity index (χ0) is 10.4. The number of hydrogen-bond acceptors (Lipinski definition) is 2. The van der Waals surface area contributed by atoms with Crippen molar-refractivity contribution < 1.29 is 4.79 Å². The maximum Gasteiger partial charge on any atom is 0.139 e. The van der Waals surface area contributed by atoms with E-state index >= 15 is 0 Å². The number of carbonyl (C=O) groups excluding carboxylic acids is 1. The molecule has 0 aliphatic rings. The quantitative estimate of drug-likeness (QED) is 0.686. The van der Waals surface area contributed by atoms with Crippen LogP contribution in [0, 0.1) is 17.8 Å². The highest BCUT2D eigenvalue weighted by Gasteiger charge is 2.21. The zero-order valence-electron chi connectivity index (χ0n) is 9.55. The average molecular weight is 185 g/mol. The second-order valence-electron chi connectivity index (χ2n) is 4.44. The smallest absolute Gasteiger partial charge is 0.139 e. The van der Waals surface area contributed by atoms with Crippen LogP contribution >= 0.6 is 0 Å². The Morgan fingerprint density at radius 1 is 1.23 bits per heavy atom. The van der Waals surface area contributed by atoms with Crippen LogP contribution in [-0.4, -0.2) is 19.4 Å². The maximum atomic E-state index is 11.7. The van der Waals surface area contributed by atoms with Crippen molar-refractivity contribution in [3.05, 3.63) is 0 Å². The molecule has 0 spiro atoms. The first-order valence-electron chi connectivity index (χ1n) is 5.17. The Morgan fingerprint density at radius 2 is 1.77 bits per heavy atom. The van der Waals surface area contributed by atoms with Gasteiger partial charge in [-0.05, 0) is 19.4 Å². The van der Waals surface area contributed by atoms with Gasteiger partial charge in [0, 0.05) is 18.4 Å². The highest BCUT2D eigenvalue weighted by molar-refractivity contribution is 5.83. The van der Waals surface area contributed by atoms with E-state index in [1.165, 1.54) is 0 Å². The molecule has 0 aliphatic carbocycles. The third-order valence-electron chi connectivity index (χ3n) is 2.18. The molecule has 0 fully saturated rings. The van der Waals surface area contributed by atoms with Gasteiger partial charge in [-0.3, -0.25) is 4.79 Å². The number of rotatable bonds is 6. The van der Waals surface area contributed by atoms with Crippen molar-refractivity contribution >= 4 is 5.78 Å². The van der Waals surface area contributed by atoms with Gasteiger partial charge in [0.2, 0.25) is 0 Å². The van der Waals surface area contributed by atoms with Crippen LogP contribution < -0.4 is 5.32 Å². The van der Waals surface area contributed by atoms with Crippen molar-refractivity contribution in [1.82, 2.24) is 5.32 Å². The minimum Gasteiger partial charge on any atom is -0.319 e. The molecule has 0 radical (unpaired) electrons. The van der Waals surface area contributed by atoms with Crippen LogP contribution in [0.15, 0.2) is 0 Å². The molecule has 0 aromatic rings. The summed E-state index contributed by atoms with van der Waals surface area (Å²) in [5.74, 6) is 1.35. The van der Waals surface area contributed by atoms with Crippen molar-refractivity contribution in [2.45, 2.75) is 34.1 Å². The molecule has 0 aromatic heterocycles. The number of ketones is 1. The van der Waals surface area contributed by atoms with Crippen LogP contribution in [0.1, 0.15) is 34.1 Å². The van der Waals surface area contributed by atoms with Crippen molar-refractivity contribution in [2.75, 3.05) is 13.6 Å². The van der Waals surface area contributed by atoms with Crippen LogP contribution in [0.3, 0.4) is 0 Å². The summed E-state index contributed by atoms with van der Waals surface area (Å²) in [5.41, 5.74) is 0. The van der Waals surface area contributed by atoms with Crippen LogP contribution in [0.5, 0.6) is 0 Å². The van der Waals surface area contributed by atoms with E-state index in [2.05, 4.69) is 19.2 Å². The standard InChI is InChI=1S/C11H23NO/c1-8(2)6-10(7-12-5)11(13)9(3)4/h8-10,12H,6-7H2,1-5H3. The molecule has 1 N–H and O–H groups in total. The highest BCUT2D eigenvalue weighted by atomic mass is 16.1. The molecule has 0 aliphatic heterocycles. The number of Topliss-reactive ketones (excluding diaryl/α,β-unsaturated/α-hetero) is 1. The van der Waals surface area contributed by atoms with Crippen molar-refractivity contribution in [1.29, 1.82) is 0 Å². The molecule has 13 heavy (non-hydrogen) atoms.